The Morgan fingerprint density at radius 3 is 2.35 bits per heavy atom. The SMILES string of the molecule is O=C(Cc1ccccc1)NCC(=O)N1CCCCCCNC(=O)CC1c1ccccc1. The van der Waals surface area contributed by atoms with E-state index in [-0.39, 0.29) is 43.1 Å². The van der Waals surface area contributed by atoms with Gasteiger partial charge < -0.3 is 15.5 Å². The van der Waals surface area contributed by atoms with Gasteiger partial charge in [0.2, 0.25) is 17.7 Å². The molecule has 0 radical (unpaired) electrons. The van der Waals surface area contributed by atoms with E-state index in [1.54, 1.807) is 4.90 Å². The van der Waals surface area contributed by atoms with Crippen molar-refractivity contribution >= 4 is 17.7 Å². The van der Waals surface area contributed by atoms with Crippen LogP contribution in [-0.4, -0.2) is 42.3 Å². The lowest BCUT2D eigenvalue weighted by Crippen LogP contribution is -2.44. The van der Waals surface area contributed by atoms with Gasteiger partial charge in [0.05, 0.1) is 25.4 Å². The topological polar surface area (TPSA) is 78.5 Å². The van der Waals surface area contributed by atoms with E-state index in [1.807, 2.05) is 60.7 Å². The van der Waals surface area contributed by atoms with Gasteiger partial charge >= 0.3 is 0 Å². The number of carbonyl (C=O) groups is 3. The summed E-state index contributed by atoms with van der Waals surface area (Å²) in [5.74, 6) is -0.407. The molecule has 0 spiro atoms. The Bertz CT molecular complexity index is 855. The lowest BCUT2D eigenvalue weighted by molar-refractivity contribution is -0.136. The minimum Gasteiger partial charge on any atom is -0.356 e. The third-order valence-corrected chi connectivity index (χ3v) is 5.55. The van der Waals surface area contributed by atoms with Gasteiger partial charge in [-0.1, -0.05) is 73.5 Å². The summed E-state index contributed by atoms with van der Waals surface area (Å²) in [4.78, 5) is 39.8. The predicted octanol–water partition coefficient (Wildman–Crippen LogP) is 3.00. The molecule has 31 heavy (non-hydrogen) atoms. The number of amides is 3. The molecule has 1 unspecified atom stereocenters. The lowest BCUT2D eigenvalue weighted by atomic mass is 10.0. The van der Waals surface area contributed by atoms with E-state index in [0.717, 1.165) is 36.8 Å². The van der Waals surface area contributed by atoms with Crippen molar-refractivity contribution in [1.29, 1.82) is 0 Å². The third-order valence-electron chi connectivity index (χ3n) is 5.55. The van der Waals surface area contributed by atoms with E-state index >= 15 is 0 Å². The van der Waals surface area contributed by atoms with E-state index < -0.39 is 0 Å². The number of carbonyl (C=O) groups excluding carboxylic acids is 3. The van der Waals surface area contributed by atoms with Gasteiger partial charge in [-0.05, 0) is 24.0 Å². The molecule has 1 fully saturated rings. The Hall–Kier alpha value is -3.15. The molecule has 1 heterocycles. The Morgan fingerprint density at radius 1 is 0.935 bits per heavy atom. The average molecular weight is 422 g/mol. The van der Waals surface area contributed by atoms with Crippen molar-refractivity contribution in [2.24, 2.45) is 0 Å². The van der Waals surface area contributed by atoms with Crippen LogP contribution in [0, 0.1) is 0 Å². The van der Waals surface area contributed by atoms with Crippen LogP contribution in [0.15, 0.2) is 60.7 Å². The number of nitrogens with one attached hydrogen (secondary N) is 2. The zero-order valence-corrected chi connectivity index (χ0v) is 17.9. The average Bonchev–Trinajstić information content (AvgIpc) is 2.83. The van der Waals surface area contributed by atoms with E-state index in [2.05, 4.69) is 10.6 Å². The third kappa shape index (κ3) is 7.24. The summed E-state index contributed by atoms with van der Waals surface area (Å²) in [6.07, 6.45) is 4.30. The normalized spacial score (nSPS) is 17.9. The summed E-state index contributed by atoms with van der Waals surface area (Å²) in [7, 11) is 0. The van der Waals surface area contributed by atoms with Crippen molar-refractivity contribution in [3.05, 3.63) is 71.8 Å². The molecule has 6 heteroatoms. The quantitative estimate of drug-likeness (QED) is 0.779. The van der Waals surface area contributed by atoms with E-state index in [9.17, 15) is 14.4 Å². The van der Waals surface area contributed by atoms with Crippen molar-refractivity contribution in [2.45, 2.75) is 44.6 Å². The van der Waals surface area contributed by atoms with E-state index in [0.29, 0.717) is 13.1 Å². The highest BCUT2D eigenvalue weighted by atomic mass is 16.2. The van der Waals surface area contributed by atoms with Crippen LogP contribution in [0.4, 0.5) is 0 Å². The largest absolute Gasteiger partial charge is 0.356 e. The summed E-state index contributed by atoms with van der Waals surface area (Å²) >= 11 is 0. The van der Waals surface area contributed by atoms with Gasteiger partial charge in [0, 0.05) is 13.1 Å². The fraction of sp³-hybridized carbons (Fsp3) is 0.400. The first kappa shape index (κ1) is 22.5. The second-order valence-electron chi connectivity index (χ2n) is 7.92. The molecule has 2 aromatic rings. The van der Waals surface area contributed by atoms with Crippen molar-refractivity contribution in [3.8, 4) is 0 Å². The molecule has 3 amide bonds. The van der Waals surface area contributed by atoms with Crippen LogP contribution >= 0.6 is 0 Å². The summed E-state index contributed by atoms with van der Waals surface area (Å²) in [6.45, 7) is 1.17. The molecule has 164 valence electrons. The van der Waals surface area contributed by atoms with Crippen LogP contribution in [0.2, 0.25) is 0 Å². The molecule has 0 bridgehead atoms. The van der Waals surface area contributed by atoms with Gasteiger partial charge in [-0.3, -0.25) is 14.4 Å². The van der Waals surface area contributed by atoms with Gasteiger partial charge in [-0.15, -0.1) is 0 Å². The first-order valence-corrected chi connectivity index (χ1v) is 11.1. The minimum atomic E-state index is -0.349. The zero-order chi connectivity index (χ0) is 21.9. The minimum absolute atomic E-state index is 0.0540. The Kier molecular flexibility index (Phi) is 8.64. The second kappa shape index (κ2) is 11.9. The Morgan fingerprint density at radius 2 is 1.61 bits per heavy atom. The van der Waals surface area contributed by atoms with Crippen LogP contribution in [-0.2, 0) is 20.8 Å². The highest BCUT2D eigenvalue weighted by Crippen LogP contribution is 2.25. The van der Waals surface area contributed by atoms with Crippen LogP contribution in [0.5, 0.6) is 0 Å². The van der Waals surface area contributed by atoms with Crippen molar-refractivity contribution in [1.82, 2.24) is 15.5 Å². The maximum Gasteiger partial charge on any atom is 0.242 e. The Balaban J connectivity index is 1.71. The number of hydrogen-bond donors (Lipinski definition) is 2. The Labute approximate surface area is 184 Å². The monoisotopic (exact) mass is 421 g/mol. The molecule has 1 aliphatic rings. The summed E-state index contributed by atoms with van der Waals surface area (Å²) in [5, 5.41) is 5.73. The summed E-state index contributed by atoms with van der Waals surface area (Å²) in [5.41, 5.74) is 1.84. The molecule has 2 aromatic carbocycles. The highest BCUT2D eigenvalue weighted by Gasteiger charge is 2.27. The van der Waals surface area contributed by atoms with Crippen LogP contribution in [0.3, 0.4) is 0 Å². The molecular weight excluding hydrogens is 390 g/mol. The van der Waals surface area contributed by atoms with Crippen molar-refractivity contribution in [2.75, 3.05) is 19.6 Å². The fourth-order valence-corrected chi connectivity index (χ4v) is 3.89. The summed E-state index contributed by atoms with van der Waals surface area (Å²) in [6, 6.07) is 18.8. The van der Waals surface area contributed by atoms with Crippen LogP contribution < -0.4 is 10.6 Å². The molecule has 2 N–H and O–H groups in total. The van der Waals surface area contributed by atoms with Gasteiger partial charge in [0.25, 0.3) is 0 Å². The maximum absolute atomic E-state index is 13.2. The highest BCUT2D eigenvalue weighted by molar-refractivity contribution is 5.86. The molecular formula is C25H31N3O3. The molecule has 0 aromatic heterocycles. The molecule has 1 atom stereocenters. The van der Waals surface area contributed by atoms with Gasteiger partial charge in [-0.25, -0.2) is 0 Å². The first-order chi connectivity index (χ1) is 15.1. The molecule has 0 saturated carbocycles. The summed E-state index contributed by atoms with van der Waals surface area (Å²) < 4.78 is 0. The van der Waals surface area contributed by atoms with E-state index in [1.165, 1.54) is 0 Å². The number of rotatable bonds is 5. The smallest absolute Gasteiger partial charge is 0.242 e. The van der Waals surface area contributed by atoms with Gasteiger partial charge in [0.1, 0.15) is 0 Å². The van der Waals surface area contributed by atoms with Crippen LogP contribution in [0.25, 0.3) is 0 Å². The molecule has 6 nitrogen and oxygen atoms in total. The number of benzene rings is 2. The molecule has 0 aliphatic carbocycles. The van der Waals surface area contributed by atoms with E-state index in [4.69, 9.17) is 0 Å². The standard InChI is InChI=1S/C25H31N3O3/c29-23(17-20-11-5-3-6-12-20)27-19-25(31)28-16-10-2-1-9-15-26-24(30)18-22(28)21-13-7-4-8-14-21/h3-8,11-14,22H,1-2,9-10,15-19H2,(H,26,30)(H,27,29). The maximum atomic E-state index is 13.2. The van der Waals surface area contributed by atoms with Gasteiger partial charge in [0.15, 0.2) is 0 Å². The lowest BCUT2D eigenvalue weighted by Gasteiger charge is -2.32. The molecule has 1 aliphatic heterocycles. The molecule has 3 rings (SSSR count). The predicted molar refractivity (Wildman–Crippen MR) is 120 cm³/mol. The number of nitrogens with zero attached hydrogens (tertiary/aromatic N) is 1. The molecule has 1 saturated heterocycles. The zero-order valence-electron chi connectivity index (χ0n) is 17.9. The second-order valence-corrected chi connectivity index (χ2v) is 7.92. The van der Waals surface area contributed by atoms with Crippen molar-refractivity contribution in [3.63, 3.8) is 0 Å². The fourth-order valence-electron chi connectivity index (χ4n) is 3.89. The van der Waals surface area contributed by atoms with Gasteiger partial charge in [-0.2, -0.15) is 0 Å². The first-order valence-electron chi connectivity index (χ1n) is 11.1. The van der Waals surface area contributed by atoms with Crippen LogP contribution in [0.1, 0.15) is 49.3 Å². The van der Waals surface area contributed by atoms with Crippen molar-refractivity contribution < 1.29 is 14.4 Å². The number of hydrogen-bond acceptors (Lipinski definition) is 3.